The predicted octanol–water partition coefficient (Wildman–Crippen LogP) is 2.63. The number of nitrogens with one attached hydrogen (secondary N) is 1. The van der Waals surface area contributed by atoms with E-state index in [4.69, 9.17) is 5.11 Å². The van der Waals surface area contributed by atoms with E-state index in [9.17, 15) is 4.79 Å². The summed E-state index contributed by atoms with van der Waals surface area (Å²) in [5.41, 5.74) is 2.43. The first-order valence-corrected chi connectivity index (χ1v) is 6.12. The van der Waals surface area contributed by atoms with Crippen LogP contribution in [0.5, 0.6) is 0 Å². The summed E-state index contributed by atoms with van der Waals surface area (Å²) in [5.74, 6) is -0.899. The van der Waals surface area contributed by atoms with Gasteiger partial charge in [0.25, 0.3) is 0 Å². The highest BCUT2D eigenvalue weighted by Gasteiger charge is 2.06. The van der Waals surface area contributed by atoms with Crippen molar-refractivity contribution in [2.75, 3.05) is 0 Å². The molecule has 2 rings (SSSR count). The minimum Gasteiger partial charge on any atom is -0.478 e. The molecule has 0 saturated heterocycles. The lowest BCUT2D eigenvalue weighted by molar-refractivity contribution is 0.0696. The molecule has 1 aromatic carbocycles. The molecule has 2 aromatic rings. The number of hydrogen-bond donors (Lipinski definition) is 2. The Hall–Kier alpha value is -2.20. The maximum Gasteiger partial charge on any atom is 0.335 e. The summed E-state index contributed by atoms with van der Waals surface area (Å²) in [6.07, 6.45) is 3.52. The molecule has 0 aliphatic rings. The van der Waals surface area contributed by atoms with E-state index in [2.05, 4.69) is 17.2 Å². The van der Waals surface area contributed by atoms with Gasteiger partial charge in [-0.1, -0.05) is 12.1 Å². The monoisotopic (exact) mass is 256 g/mol. The Morgan fingerprint density at radius 2 is 2.05 bits per heavy atom. The molecule has 4 nitrogen and oxygen atoms in total. The maximum absolute atomic E-state index is 10.9. The van der Waals surface area contributed by atoms with E-state index in [0.29, 0.717) is 12.1 Å². The lowest BCUT2D eigenvalue weighted by Crippen LogP contribution is -2.18. The third-order valence-corrected chi connectivity index (χ3v) is 2.99. The Morgan fingerprint density at radius 1 is 1.32 bits per heavy atom. The minimum atomic E-state index is -0.899. The molecule has 1 heterocycles. The van der Waals surface area contributed by atoms with E-state index in [-0.39, 0.29) is 6.04 Å². The molecular weight excluding hydrogens is 240 g/mol. The number of nitrogens with zero attached hydrogens (tertiary/aromatic N) is 1. The van der Waals surface area contributed by atoms with Gasteiger partial charge in [0.15, 0.2) is 0 Å². The number of rotatable bonds is 5. The summed E-state index contributed by atoms with van der Waals surface area (Å²) in [5, 5.41) is 12.3. The standard InChI is InChI=1S/C15H16N2O2/c1-11(13-5-7-16-8-6-13)17-10-12-3-2-4-14(9-12)15(18)19/h2-9,11,17H,10H2,1H3,(H,18,19). The van der Waals surface area contributed by atoms with Crippen molar-refractivity contribution in [3.63, 3.8) is 0 Å². The fraction of sp³-hybridized carbons (Fsp3) is 0.200. The summed E-state index contributed by atoms with van der Waals surface area (Å²) in [7, 11) is 0. The lowest BCUT2D eigenvalue weighted by Gasteiger charge is -2.14. The average Bonchev–Trinajstić information content (AvgIpc) is 2.46. The second-order valence-electron chi connectivity index (χ2n) is 4.39. The van der Waals surface area contributed by atoms with Gasteiger partial charge in [-0.05, 0) is 42.3 Å². The van der Waals surface area contributed by atoms with Crippen molar-refractivity contribution in [1.82, 2.24) is 10.3 Å². The van der Waals surface area contributed by atoms with Gasteiger partial charge in [0.1, 0.15) is 0 Å². The van der Waals surface area contributed by atoms with E-state index in [1.165, 1.54) is 0 Å². The molecule has 2 N–H and O–H groups in total. The van der Waals surface area contributed by atoms with Crippen molar-refractivity contribution in [2.45, 2.75) is 19.5 Å². The van der Waals surface area contributed by atoms with Crippen LogP contribution >= 0.6 is 0 Å². The number of pyridine rings is 1. The summed E-state index contributed by atoms with van der Waals surface area (Å²) < 4.78 is 0. The number of aromatic nitrogens is 1. The van der Waals surface area contributed by atoms with Crippen LogP contribution in [0.15, 0.2) is 48.8 Å². The average molecular weight is 256 g/mol. The molecule has 0 amide bonds. The molecule has 0 aliphatic heterocycles. The van der Waals surface area contributed by atoms with Crippen LogP contribution in [-0.4, -0.2) is 16.1 Å². The maximum atomic E-state index is 10.9. The van der Waals surface area contributed by atoms with Gasteiger partial charge in [0.05, 0.1) is 5.56 Å². The Bertz CT molecular complexity index is 555. The molecular formula is C15H16N2O2. The Morgan fingerprint density at radius 3 is 2.74 bits per heavy atom. The molecule has 0 bridgehead atoms. The van der Waals surface area contributed by atoms with Crippen LogP contribution in [0.1, 0.15) is 34.5 Å². The highest BCUT2D eigenvalue weighted by atomic mass is 16.4. The summed E-state index contributed by atoms with van der Waals surface area (Å²) >= 11 is 0. The number of carboxylic acids is 1. The molecule has 98 valence electrons. The van der Waals surface area contributed by atoms with Crippen LogP contribution in [0.2, 0.25) is 0 Å². The van der Waals surface area contributed by atoms with Crippen LogP contribution in [0.4, 0.5) is 0 Å². The number of aromatic carboxylic acids is 1. The van der Waals surface area contributed by atoms with E-state index < -0.39 is 5.97 Å². The van der Waals surface area contributed by atoms with Crippen molar-refractivity contribution < 1.29 is 9.90 Å². The van der Waals surface area contributed by atoms with Gasteiger partial charge in [-0.3, -0.25) is 4.98 Å². The van der Waals surface area contributed by atoms with Crippen LogP contribution in [0, 0.1) is 0 Å². The minimum absolute atomic E-state index is 0.191. The number of carbonyl (C=O) groups is 1. The summed E-state index contributed by atoms with van der Waals surface area (Å²) in [4.78, 5) is 14.9. The highest BCUT2D eigenvalue weighted by Crippen LogP contribution is 2.12. The van der Waals surface area contributed by atoms with Crippen molar-refractivity contribution >= 4 is 5.97 Å². The Labute approximate surface area is 112 Å². The molecule has 1 aromatic heterocycles. The molecule has 0 saturated carbocycles. The first-order valence-electron chi connectivity index (χ1n) is 6.12. The zero-order valence-electron chi connectivity index (χ0n) is 10.7. The van der Waals surface area contributed by atoms with Gasteiger partial charge < -0.3 is 10.4 Å². The molecule has 1 atom stereocenters. The molecule has 0 fully saturated rings. The molecule has 4 heteroatoms. The molecule has 0 radical (unpaired) electrons. The first kappa shape index (κ1) is 13.2. The van der Waals surface area contributed by atoms with Crippen LogP contribution < -0.4 is 5.32 Å². The topological polar surface area (TPSA) is 62.2 Å². The molecule has 1 unspecified atom stereocenters. The number of benzene rings is 1. The lowest BCUT2D eigenvalue weighted by atomic mass is 10.1. The zero-order chi connectivity index (χ0) is 13.7. The fourth-order valence-electron chi connectivity index (χ4n) is 1.86. The van der Waals surface area contributed by atoms with Crippen LogP contribution in [0.25, 0.3) is 0 Å². The van der Waals surface area contributed by atoms with Crippen molar-refractivity contribution in [1.29, 1.82) is 0 Å². The number of carboxylic acid groups (broad SMARTS) is 1. The van der Waals surface area contributed by atoms with Gasteiger partial charge in [0.2, 0.25) is 0 Å². The quantitative estimate of drug-likeness (QED) is 0.863. The van der Waals surface area contributed by atoms with Gasteiger partial charge in [-0.2, -0.15) is 0 Å². The van der Waals surface area contributed by atoms with Crippen molar-refractivity contribution in [3.05, 3.63) is 65.5 Å². The fourth-order valence-corrected chi connectivity index (χ4v) is 1.86. The van der Waals surface area contributed by atoms with E-state index >= 15 is 0 Å². The van der Waals surface area contributed by atoms with Gasteiger partial charge >= 0.3 is 5.97 Å². The van der Waals surface area contributed by atoms with Crippen LogP contribution in [-0.2, 0) is 6.54 Å². The molecule has 0 aliphatic carbocycles. The molecule has 19 heavy (non-hydrogen) atoms. The Balaban J connectivity index is 1.99. The SMILES string of the molecule is CC(NCc1cccc(C(=O)O)c1)c1ccncc1. The highest BCUT2D eigenvalue weighted by molar-refractivity contribution is 5.87. The van der Waals surface area contributed by atoms with Gasteiger partial charge in [-0.15, -0.1) is 0 Å². The van der Waals surface area contributed by atoms with Gasteiger partial charge in [-0.25, -0.2) is 4.79 Å². The van der Waals surface area contributed by atoms with E-state index in [0.717, 1.165) is 11.1 Å². The van der Waals surface area contributed by atoms with Crippen molar-refractivity contribution in [2.24, 2.45) is 0 Å². The first-order chi connectivity index (χ1) is 9.16. The largest absolute Gasteiger partial charge is 0.478 e. The van der Waals surface area contributed by atoms with Crippen LogP contribution in [0.3, 0.4) is 0 Å². The zero-order valence-corrected chi connectivity index (χ0v) is 10.7. The second kappa shape index (κ2) is 6.11. The second-order valence-corrected chi connectivity index (χ2v) is 4.39. The predicted molar refractivity (Wildman–Crippen MR) is 72.9 cm³/mol. The van der Waals surface area contributed by atoms with Gasteiger partial charge in [0, 0.05) is 25.0 Å². The van der Waals surface area contributed by atoms with E-state index in [1.54, 1.807) is 30.6 Å². The smallest absolute Gasteiger partial charge is 0.335 e. The molecule has 0 spiro atoms. The van der Waals surface area contributed by atoms with E-state index in [1.807, 2.05) is 18.2 Å². The normalized spacial score (nSPS) is 12.1. The summed E-state index contributed by atoms with van der Waals surface area (Å²) in [6.45, 7) is 2.70. The van der Waals surface area contributed by atoms with Crippen molar-refractivity contribution in [3.8, 4) is 0 Å². The third kappa shape index (κ3) is 3.63. The third-order valence-electron chi connectivity index (χ3n) is 2.99. The number of hydrogen-bond acceptors (Lipinski definition) is 3. The summed E-state index contributed by atoms with van der Waals surface area (Å²) in [6, 6.07) is 11.1. The Kier molecular flexibility index (Phi) is 4.26.